The monoisotopic (exact) mass is 384 g/mol. The third kappa shape index (κ3) is 4.71. The Bertz CT molecular complexity index is 840. The largest absolute Gasteiger partial charge is 0.493 e. The molecule has 0 aliphatic carbocycles. The number of carbonyl (C=O) groups excluding carboxylic acids is 1. The van der Waals surface area contributed by atoms with Crippen molar-refractivity contribution in [2.75, 3.05) is 32.2 Å². The summed E-state index contributed by atoms with van der Waals surface area (Å²) in [5.41, 5.74) is 2.10. The zero-order valence-electron chi connectivity index (χ0n) is 17.0. The Kier molecular flexibility index (Phi) is 6.34. The Morgan fingerprint density at radius 3 is 2.71 bits per heavy atom. The van der Waals surface area contributed by atoms with Crippen LogP contribution in [-0.2, 0) is 6.54 Å². The second kappa shape index (κ2) is 8.91. The van der Waals surface area contributed by atoms with Gasteiger partial charge in [-0.1, -0.05) is 13.0 Å². The molecular formula is C21H28N4O3. The predicted octanol–water partition coefficient (Wildman–Crippen LogP) is 2.97. The zero-order valence-corrected chi connectivity index (χ0v) is 17.0. The number of aryl methyl sites for hydroxylation is 1. The molecule has 28 heavy (non-hydrogen) atoms. The van der Waals surface area contributed by atoms with Gasteiger partial charge in [-0.3, -0.25) is 4.79 Å². The van der Waals surface area contributed by atoms with Crippen molar-refractivity contribution >= 4 is 11.9 Å². The predicted molar refractivity (Wildman–Crippen MR) is 108 cm³/mol. The first kappa shape index (κ1) is 19.9. The molecule has 1 aromatic carbocycles. The van der Waals surface area contributed by atoms with Crippen LogP contribution < -0.4 is 19.7 Å². The van der Waals surface area contributed by atoms with E-state index in [4.69, 9.17) is 9.47 Å². The van der Waals surface area contributed by atoms with Crippen LogP contribution >= 0.6 is 0 Å². The van der Waals surface area contributed by atoms with Crippen molar-refractivity contribution in [3.63, 3.8) is 0 Å². The number of piperidine rings is 1. The van der Waals surface area contributed by atoms with Crippen LogP contribution in [0.3, 0.4) is 0 Å². The minimum atomic E-state index is -0.216. The van der Waals surface area contributed by atoms with E-state index in [0.717, 1.165) is 30.8 Å². The molecule has 1 fully saturated rings. The number of nitrogens with one attached hydrogen (secondary N) is 1. The molecule has 2 heterocycles. The summed E-state index contributed by atoms with van der Waals surface area (Å²) in [4.78, 5) is 23.9. The second-order valence-electron chi connectivity index (χ2n) is 7.26. The van der Waals surface area contributed by atoms with Crippen LogP contribution in [0.2, 0.25) is 0 Å². The number of benzene rings is 1. The molecular weight excluding hydrogens is 356 g/mol. The molecule has 1 aromatic heterocycles. The fourth-order valence-corrected chi connectivity index (χ4v) is 3.45. The number of ether oxygens (including phenoxy) is 2. The molecule has 1 aliphatic heterocycles. The first-order valence-corrected chi connectivity index (χ1v) is 9.60. The van der Waals surface area contributed by atoms with Gasteiger partial charge in [0.25, 0.3) is 5.91 Å². The number of amides is 1. The molecule has 0 bridgehead atoms. The van der Waals surface area contributed by atoms with E-state index < -0.39 is 0 Å². The summed E-state index contributed by atoms with van der Waals surface area (Å²) < 4.78 is 10.6. The van der Waals surface area contributed by atoms with Gasteiger partial charge in [-0.2, -0.15) is 0 Å². The molecule has 1 atom stereocenters. The SMILES string of the molecule is COc1ccc(CNC(=O)c2cc(C)nc(N3CCCC(C)C3)n2)cc1OC. The van der Waals surface area contributed by atoms with Crippen LogP contribution in [0.1, 0.15) is 41.5 Å². The van der Waals surface area contributed by atoms with Crippen molar-refractivity contribution in [2.24, 2.45) is 5.92 Å². The number of aromatic nitrogens is 2. The van der Waals surface area contributed by atoms with Crippen LogP contribution in [0, 0.1) is 12.8 Å². The number of hydrogen-bond donors (Lipinski definition) is 1. The highest BCUT2D eigenvalue weighted by atomic mass is 16.5. The molecule has 0 spiro atoms. The third-order valence-electron chi connectivity index (χ3n) is 4.92. The van der Waals surface area contributed by atoms with E-state index in [0.29, 0.717) is 35.6 Å². The molecule has 7 nitrogen and oxygen atoms in total. The minimum absolute atomic E-state index is 0.216. The van der Waals surface area contributed by atoms with Gasteiger partial charge in [-0.05, 0) is 49.4 Å². The lowest BCUT2D eigenvalue weighted by molar-refractivity contribution is 0.0945. The van der Waals surface area contributed by atoms with Crippen molar-refractivity contribution in [2.45, 2.75) is 33.2 Å². The van der Waals surface area contributed by atoms with Gasteiger partial charge < -0.3 is 19.7 Å². The van der Waals surface area contributed by atoms with E-state index in [1.54, 1.807) is 20.3 Å². The molecule has 3 rings (SSSR count). The summed E-state index contributed by atoms with van der Waals surface area (Å²) >= 11 is 0. The highest BCUT2D eigenvalue weighted by molar-refractivity contribution is 5.92. The van der Waals surface area contributed by atoms with E-state index in [9.17, 15) is 4.79 Å². The molecule has 1 unspecified atom stereocenters. The van der Waals surface area contributed by atoms with Gasteiger partial charge in [-0.15, -0.1) is 0 Å². The number of hydrogen-bond acceptors (Lipinski definition) is 6. The summed E-state index contributed by atoms with van der Waals surface area (Å²) in [6.07, 6.45) is 2.35. The van der Waals surface area contributed by atoms with Gasteiger partial charge in [0.15, 0.2) is 11.5 Å². The molecule has 2 aromatic rings. The Hall–Kier alpha value is -2.83. The van der Waals surface area contributed by atoms with E-state index in [2.05, 4.69) is 27.1 Å². The lowest BCUT2D eigenvalue weighted by Crippen LogP contribution is -2.36. The van der Waals surface area contributed by atoms with E-state index in [1.165, 1.54) is 6.42 Å². The van der Waals surface area contributed by atoms with Crippen molar-refractivity contribution < 1.29 is 14.3 Å². The molecule has 1 N–H and O–H groups in total. The Labute approximate surface area is 166 Å². The normalized spacial score (nSPS) is 16.6. The maximum absolute atomic E-state index is 12.7. The summed E-state index contributed by atoms with van der Waals surface area (Å²) in [7, 11) is 3.18. The molecule has 1 aliphatic rings. The molecule has 0 radical (unpaired) electrons. The maximum atomic E-state index is 12.7. The Balaban J connectivity index is 1.70. The second-order valence-corrected chi connectivity index (χ2v) is 7.26. The number of nitrogens with zero attached hydrogens (tertiary/aromatic N) is 3. The van der Waals surface area contributed by atoms with Crippen molar-refractivity contribution in [3.05, 3.63) is 41.2 Å². The summed E-state index contributed by atoms with van der Waals surface area (Å²) in [5, 5.41) is 2.93. The molecule has 1 amide bonds. The minimum Gasteiger partial charge on any atom is -0.493 e. The van der Waals surface area contributed by atoms with Crippen molar-refractivity contribution in [3.8, 4) is 11.5 Å². The van der Waals surface area contributed by atoms with Gasteiger partial charge in [0.2, 0.25) is 5.95 Å². The average molecular weight is 384 g/mol. The van der Waals surface area contributed by atoms with Gasteiger partial charge in [0, 0.05) is 25.3 Å². The number of anilines is 1. The van der Waals surface area contributed by atoms with E-state index in [1.807, 2.05) is 25.1 Å². The van der Waals surface area contributed by atoms with Crippen molar-refractivity contribution in [1.82, 2.24) is 15.3 Å². The van der Waals surface area contributed by atoms with Crippen LogP contribution in [0.15, 0.2) is 24.3 Å². The number of rotatable bonds is 6. The van der Waals surface area contributed by atoms with Crippen LogP contribution in [-0.4, -0.2) is 43.2 Å². The van der Waals surface area contributed by atoms with Gasteiger partial charge in [-0.25, -0.2) is 9.97 Å². The van der Waals surface area contributed by atoms with Gasteiger partial charge in [0.05, 0.1) is 14.2 Å². The van der Waals surface area contributed by atoms with E-state index in [-0.39, 0.29) is 5.91 Å². The average Bonchev–Trinajstić information content (AvgIpc) is 2.71. The summed E-state index contributed by atoms with van der Waals surface area (Å²) in [6.45, 7) is 6.36. The Morgan fingerprint density at radius 1 is 1.21 bits per heavy atom. The highest BCUT2D eigenvalue weighted by Gasteiger charge is 2.20. The van der Waals surface area contributed by atoms with Crippen LogP contribution in [0.5, 0.6) is 11.5 Å². The summed E-state index contributed by atoms with van der Waals surface area (Å²) in [6, 6.07) is 7.30. The first-order chi connectivity index (χ1) is 13.5. The quantitative estimate of drug-likeness (QED) is 0.825. The third-order valence-corrected chi connectivity index (χ3v) is 4.92. The molecule has 0 saturated carbocycles. The topological polar surface area (TPSA) is 76.6 Å². The summed E-state index contributed by atoms with van der Waals surface area (Å²) in [5.74, 6) is 2.33. The van der Waals surface area contributed by atoms with Crippen molar-refractivity contribution in [1.29, 1.82) is 0 Å². The first-order valence-electron chi connectivity index (χ1n) is 9.60. The van der Waals surface area contributed by atoms with Gasteiger partial charge in [0.1, 0.15) is 5.69 Å². The van der Waals surface area contributed by atoms with E-state index >= 15 is 0 Å². The fourth-order valence-electron chi connectivity index (χ4n) is 3.45. The Morgan fingerprint density at radius 2 is 2.00 bits per heavy atom. The molecule has 1 saturated heterocycles. The van der Waals surface area contributed by atoms with Crippen LogP contribution in [0.25, 0.3) is 0 Å². The number of carbonyl (C=O) groups is 1. The highest BCUT2D eigenvalue weighted by Crippen LogP contribution is 2.27. The standard InChI is InChI=1S/C21H28N4O3/c1-14-6-5-9-25(13-14)21-23-15(2)10-17(24-21)20(26)22-12-16-7-8-18(27-3)19(11-16)28-4/h7-8,10-11,14H,5-6,9,12-13H2,1-4H3,(H,22,26). The molecule has 150 valence electrons. The lowest BCUT2D eigenvalue weighted by Gasteiger charge is -2.31. The number of methoxy groups -OCH3 is 2. The maximum Gasteiger partial charge on any atom is 0.270 e. The fraction of sp³-hybridized carbons (Fsp3) is 0.476. The zero-order chi connectivity index (χ0) is 20.1. The molecule has 7 heteroatoms. The van der Waals surface area contributed by atoms with Crippen LogP contribution in [0.4, 0.5) is 5.95 Å². The smallest absolute Gasteiger partial charge is 0.270 e. The van der Waals surface area contributed by atoms with Gasteiger partial charge >= 0.3 is 0 Å². The lowest BCUT2D eigenvalue weighted by atomic mass is 10.0.